The van der Waals surface area contributed by atoms with E-state index in [0.29, 0.717) is 11.4 Å². The number of hydrogen-bond acceptors (Lipinski definition) is 3. The van der Waals surface area contributed by atoms with Crippen LogP contribution in [0.2, 0.25) is 5.02 Å². The zero-order valence-electron chi connectivity index (χ0n) is 12.0. The molecule has 0 bridgehead atoms. The standard InChI is InChI=1S/C16H14ClFN2O3/c17-11-3-6-14(21)13(9-11)20-16(23)15(22)19-8-7-10-1-4-12(18)5-2-10/h1-6,9,21H,7-8H2,(H,19,22)(H,20,23). The molecule has 0 atom stereocenters. The third-order valence-corrected chi connectivity index (χ3v) is 3.26. The topological polar surface area (TPSA) is 78.4 Å². The van der Waals surface area contributed by atoms with Crippen molar-refractivity contribution >= 4 is 29.1 Å². The van der Waals surface area contributed by atoms with Gasteiger partial charge >= 0.3 is 11.8 Å². The molecule has 0 aromatic heterocycles. The van der Waals surface area contributed by atoms with Crippen LogP contribution in [-0.2, 0) is 16.0 Å². The Kier molecular flexibility index (Phi) is 5.54. The van der Waals surface area contributed by atoms with Crippen LogP contribution in [0.4, 0.5) is 10.1 Å². The SMILES string of the molecule is O=C(NCCc1ccc(F)cc1)C(=O)Nc1cc(Cl)ccc1O. The second-order valence-electron chi connectivity index (χ2n) is 4.75. The highest BCUT2D eigenvalue weighted by molar-refractivity contribution is 6.40. The van der Waals surface area contributed by atoms with Gasteiger partial charge in [-0.2, -0.15) is 0 Å². The number of phenolic OH excluding ortho intramolecular Hbond substituents is 1. The number of rotatable bonds is 4. The molecular formula is C16H14ClFN2O3. The van der Waals surface area contributed by atoms with Gasteiger partial charge in [-0.3, -0.25) is 9.59 Å². The lowest BCUT2D eigenvalue weighted by atomic mass is 10.1. The minimum absolute atomic E-state index is 0.0520. The number of carbonyl (C=O) groups excluding carboxylic acids is 2. The largest absolute Gasteiger partial charge is 0.506 e. The van der Waals surface area contributed by atoms with Crippen molar-refractivity contribution < 1.29 is 19.1 Å². The van der Waals surface area contributed by atoms with E-state index in [0.717, 1.165) is 5.56 Å². The molecule has 23 heavy (non-hydrogen) atoms. The molecule has 7 heteroatoms. The van der Waals surface area contributed by atoms with Gasteiger partial charge in [0, 0.05) is 11.6 Å². The van der Waals surface area contributed by atoms with Gasteiger partial charge in [-0.05, 0) is 42.3 Å². The number of hydrogen-bond donors (Lipinski definition) is 3. The molecule has 0 unspecified atom stereocenters. The number of benzene rings is 2. The fourth-order valence-electron chi connectivity index (χ4n) is 1.84. The minimum Gasteiger partial charge on any atom is -0.506 e. The lowest BCUT2D eigenvalue weighted by molar-refractivity contribution is -0.136. The van der Waals surface area contributed by atoms with Crippen molar-refractivity contribution in [1.82, 2.24) is 5.32 Å². The number of nitrogens with one attached hydrogen (secondary N) is 2. The van der Waals surface area contributed by atoms with Crippen molar-refractivity contribution in [3.05, 3.63) is 58.9 Å². The van der Waals surface area contributed by atoms with Gasteiger partial charge in [0.2, 0.25) is 0 Å². The van der Waals surface area contributed by atoms with Gasteiger partial charge in [0.15, 0.2) is 0 Å². The molecule has 0 radical (unpaired) electrons. The second-order valence-corrected chi connectivity index (χ2v) is 5.18. The highest BCUT2D eigenvalue weighted by Gasteiger charge is 2.15. The normalized spacial score (nSPS) is 10.2. The highest BCUT2D eigenvalue weighted by atomic mass is 35.5. The molecular weight excluding hydrogens is 323 g/mol. The van der Waals surface area contributed by atoms with Gasteiger partial charge in [0.05, 0.1) is 5.69 Å². The van der Waals surface area contributed by atoms with Crippen LogP contribution in [0.5, 0.6) is 5.75 Å². The predicted molar refractivity (Wildman–Crippen MR) is 84.9 cm³/mol. The summed E-state index contributed by atoms with van der Waals surface area (Å²) in [6.07, 6.45) is 0.460. The molecule has 120 valence electrons. The van der Waals surface area contributed by atoms with Gasteiger partial charge in [0.25, 0.3) is 0 Å². The molecule has 5 nitrogen and oxygen atoms in total. The van der Waals surface area contributed by atoms with Crippen LogP contribution in [0, 0.1) is 5.82 Å². The number of amides is 2. The van der Waals surface area contributed by atoms with Crippen LogP contribution in [0.25, 0.3) is 0 Å². The van der Waals surface area contributed by atoms with Crippen LogP contribution in [0.3, 0.4) is 0 Å². The summed E-state index contributed by atoms with van der Waals surface area (Å²) in [6, 6.07) is 9.95. The first-order chi connectivity index (χ1) is 11.0. The summed E-state index contributed by atoms with van der Waals surface area (Å²) in [5.41, 5.74) is 0.885. The number of aromatic hydroxyl groups is 1. The maximum Gasteiger partial charge on any atom is 0.313 e. The van der Waals surface area contributed by atoms with Gasteiger partial charge in [-0.15, -0.1) is 0 Å². The van der Waals surface area contributed by atoms with E-state index in [4.69, 9.17) is 11.6 Å². The Balaban J connectivity index is 1.84. The van der Waals surface area contributed by atoms with E-state index >= 15 is 0 Å². The van der Waals surface area contributed by atoms with Crippen molar-refractivity contribution in [3.63, 3.8) is 0 Å². The lowest BCUT2D eigenvalue weighted by Gasteiger charge is -2.08. The number of anilines is 1. The Labute approximate surface area is 137 Å². The van der Waals surface area contributed by atoms with E-state index in [1.54, 1.807) is 12.1 Å². The summed E-state index contributed by atoms with van der Waals surface area (Å²) < 4.78 is 12.8. The number of phenols is 1. The van der Waals surface area contributed by atoms with Crippen LogP contribution in [-0.4, -0.2) is 23.5 Å². The summed E-state index contributed by atoms with van der Waals surface area (Å²) in [4.78, 5) is 23.4. The third-order valence-electron chi connectivity index (χ3n) is 3.03. The van der Waals surface area contributed by atoms with Gasteiger partial charge < -0.3 is 15.7 Å². The fourth-order valence-corrected chi connectivity index (χ4v) is 2.01. The van der Waals surface area contributed by atoms with Gasteiger partial charge in [0.1, 0.15) is 11.6 Å². The van der Waals surface area contributed by atoms with Crippen molar-refractivity contribution in [2.24, 2.45) is 0 Å². The summed E-state index contributed by atoms with van der Waals surface area (Å²) in [5.74, 6) is -2.28. The third kappa shape index (κ3) is 4.96. The first-order valence-corrected chi connectivity index (χ1v) is 7.15. The first-order valence-electron chi connectivity index (χ1n) is 6.78. The van der Waals surface area contributed by atoms with E-state index in [-0.39, 0.29) is 23.8 Å². The van der Waals surface area contributed by atoms with Crippen molar-refractivity contribution in [3.8, 4) is 5.75 Å². The molecule has 2 aromatic rings. The summed E-state index contributed by atoms with van der Waals surface area (Å²) in [6.45, 7) is 0.222. The highest BCUT2D eigenvalue weighted by Crippen LogP contribution is 2.26. The predicted octanol–water partition coefficient (Wildman–Crippen LogP) is 2.48. The van der Waals surface area contributed by atoms with E-state index in [2.05, 4.69) is 10.6 Å². The average molecular weight is 337 g/mol. The molecule has 0 aliphatic rings. The second kappa shape index (κ2) is 7.60. The zero-order chi connectivity index (χ0) is 16.8. The van der Waals surface area contributed by atoms with E-state index in [1.165, 1.54) is 30.3 Å². The molecule has 0 saturated heterocycles. The van der Waals surface area contributed by atoms with Crippen molar-refractivity contribution in [1.29, 1.82) is 0 Å². The molecule has 0 heterocycles. The monoisotopic (exact) mass is 336 g/mol. The molecule has 0 aliphatic heterocycles. The minimum atomic E-state index is -0.915. The first kappa shape index (κ1) is 16.8. The molecule has 0 spiro atoms. The van der Waals surface area contributed by atoms with Gasteiger partial charge in [-0.25, -0.2) is 4.39 Å². The molecule has 3 N–H and O–H groups in total. The van der Waals surface area contributed by atoms with Crippen LogP contribution in [0.15, 0.2) is 42.5 Å². The lowest BCUT2D eigenvalue weighted by Crippen LogP contribution is -2.36. The molecule has 0 aliphatic carbocycles. The molecule has 0 saturated carbocycles. The molecule has 2 aromatic carbocycles. The average Bonchev–Trinajstić information content (AvgIpc) is 2.52. The zero-order valence-corrected chi connectivity index (χ0v) is 12.7. The summed E-state index contributed by atoms with van der Waals surface area (Å²) in [5, 5.41) is 14.6. The fraction of sp³-hybridized carbons (Fsp3) is 0.125. The molecule has 0 fully saturated rings. The summed E-state index contributed by atoms with van der Waals surface area (Å²) >= 11 is 5.75. The van der Waals surface area contributed by atoms with E-state index < -0.39 is 11.8 Å². The van der Waals surface area contributed by atoms with Crippen molar-refractivity contribution in [2.45, 2.75) is 6.42 Å². The molecule has 2 rings (SSSR count). The van der Waals surface area contributed by atoms with Crippen LogP contribution in [0.1, 0.15) is 5.56 Å². The maximum atomic E-state index is 12.8. The Morgan fingerprint density at radius 1 is 1.09 bits per heavy atom. The molecule has 2 amide bonds. The quantitative estimate of drug-likeness (QED) is 0.593. The Bertz CT molecular complexity index is 720. The van der Waals surface area contributed by atoms with Crippen LogP contribution >= 0.6 is 11.6 Å². The Morgan fingerprint density at radius 2 is 1.78 bits per heavy atom. The van der Waals surface area contributed by atoms with Crippen LogP contribution < -0.4 is 10.6 Å². The maximum absolute atomic E-state index is 12.8. The number of carbonyl (C=O) groups is 2. The Hall–Kier alpha value is -2.60. The van der Waals surface area contributed by atoms with Gasteiger partial charge in [-0.1, -0.05) is 23.7 Å². The Morgan fingerprint density at radius 3 is 2.48 bits per heavy atom. The summed E-state index contributed by atoms with van der Waals surface area (Å²) in [7, 11) is 0. The smallest absolute Gasteiger partial charge is 0.313 e. The van der Waals surface area contributed by atoms with E-state index in [1.807, 2.05) is 0 Å². The van der Waals surface area contributed by atoms with E-state index in [9.17, 15) is 19.1 Å². The van der Waals surface area contributed by atoms with Crippen molar-refractivity contribution in [2.75, 3.05) is 11.9 Å². The number of halogens is 2.